The molecule has 1 unspecified atom stereocenters. The van der Waals surface area contributed by atoms with E-state index in [4.69, 9.17) is 4.43 Å². The first-order valence-electron chi connectivity index (χ1n) is 11.9. The number of hydrogen-bond donors (Lipinski definition) is 0. The molecule has 0 bridgehead atoms. The van der Waals surface area contributed by atoms with Crippen LogP contribution in [0.25, 0.3) is 0 Å². The lowest BCUT2D eigenvalue weighted by molar-refractivity contribution is -0.0701. The molecule has 0 heterocycles. The van der Waals surface area contributed by atoms with Gasteiger partial charge in [-0.05, 0) is 105 Å². The summed E-state index contributed by atoms with van der Waals surface area (Å²) in [5, 5.41) is 0.318. The standard InChI is InChI=1S/C25H44OSi/c1-23(2,3)27(6,7)26-22-14-13-20-19-12-11-18-10-8-9-16-24(18,4)21(19)15-17-25(20,22)5/h10,19-22H,8-9,11-17H2,1-7H3/t19-,20-,21?,22-,24-,25-/m0/s1. The van der Waals surface area contributed by atoms with Crippen molar-refractivity contribution >= 4 is 8.32 Å². The van der Waals surface area contributed by atoms with Crippen LogP contribution in [0.2, 0.25) is 18.1 Å². The van der Waals surface area contributed by atoms with Crippen LogP contribution >= 0.6 is 0 Å². The number of allylic oxidation sites excluding steroid dienone is 2. The SMILES string of the molecule is CC(C)(C)[Si](C)(C)O[C@H]1CC[C@H]2[C@@H]3CCC4=CCCC[C@]4(C)C3CC[C@]12C. The van der Waals surface area contributed by atoms with E-state index in [0.29, 0.717) is 22.0 Å². The minimum atomic E-state index is -1.69. The van der Waals surface area contributed by atoms with Gasteiger partial charge in [-0.25, -0.2) is 0 Å². The predicted octanol–water partition coefficient (Wildman–Crippen LogP) is 7.73. The van der Waals surface area contributed by atoms with Crippen LogP contribution in [-0.2, 0) is 4.43 Å². The summed E-state index contributed by atoms with van der Waals surface area (Å²) in [7, 11) is -1.69. The Morgan fingerprint density at radius 3 is 2.44 bits per heavy atom. The van der Waals surface area contributed by atoms with Gasteiger partial charge in [0, 0.05) is 0 Å². The third-order valence-electron chi connectivity index (χ3n) is 10.2. The lowest BCUT2D eigenvalue weighted by atomic mass is 9.47. The highest BCUT2D eigenvalue weighted by Crippen LogP contribution is 2.66. The van der Waals surface area contributed by atoms with E-state index in [1.54, 1.807) is 0 Å². The molecule has 6 atom stereocenters. The minimum Gasteiger partial charge on any atom is -0.413 e. The summed E-state index contributed by atoms with van der Waals surface area (Å²) in [6, 6.07) is 0. The van der Waals surface area contributed by atoms with Crippen LogP contribution in [0.4, 0.5) is 0 Å². The van der Waals surface area contributed by atoms with Gasteiger partial charge in [0.2, 0.25) is 0 Å². The second-order valence-electron chi connectivity index (χ2n) is 12.4. The fraction of sp³-hybridized carbons (Fsp3) is 0.920. The summed E-state index contributed by atoms with van der Waals surface area (Å²) in [4.78, 5) is 0. The molecule has 1 nitrogen and oxygen atoms in total. The molecule has 0 aromatic rings. The molecule has 0 N–H and O–H groups in total. The summed E-state index contributed by atoms with van der Waals surface area (Å²) in [6.45, 7) is 17.3. The smallest absolute Gasteiger partial charge is 0.192 e. The maximum atomic E-state index is 7.07. The van der Waals surface area contributed by atoms with E-state index in [1.165, 1.54) is 57.8 Å². The largest absolute Gasteiger partial charge is 0.413 e. The van der Waals surface area contributed by atoms with Crippen molar-refractivity contribution in [1.29, 1.82) is 0 Å². The van der Waals surface area contributed by atoms with Crippen LogP contribution in [0.3, 0.4) is 0 Å². The average Bonchev–Trinajstić information content (AvgIpc) is 2.89. The van der Waals surface area contributed by atoms with Gasteiger partial charge in [-0.1, -0.05) is 46.3 Å². The molecule has 4 aliphatic carbocycles. The summed E-state index contributed by atoms with van der Waals surface area (Å²) < 4.78 is 7.07. The maximum Gasteiger partial charge on any atom is 0.192 e. The van der Waals surface area contributed by atoms with Crippen molar-refractivity contribution in [3.05, 3.63) is 11.6 Å². The highest BCUT2D eigenvalue weighted by Gasteiger charge is 2.60. The van der Waals surface area contributed by atoms with Crippen LogP contribution < -0.4 is 0 Å². The molecule has 2 heteroatoms. The highest BCUT2D eigenvalue weighted by molar-refractivity contribution is 6.74. The minimum absolute atomic E-state index is 0.318. The molecule has 0 spiro atoms. The molecule has 0 aromatic heterocycles. The molecule has 0 aromatic carbocycles. The molecule has 0 aliphatic heterocycles. The monoisotopic (exact) mass is 388 g/mol. The third-order valence-corrected chi connectivity index (χ3v) is 14.7. The van der Waals surface area contributed by atoms with Crippen LogP contribution in [0, 0.1) is 28.6 Å². The Hall–Kier alpha value is -0.0831. The van der Waals surface area contributed by atoms with E-state index in [9.17, 15) is 0 Å². The van der Waals surface area contributed by atoms with Gasteiger partial charge in [0.05, 0.1) is 6.10 Å². The van der Waals surface area contributed by atoms with E-state index < -0.39 is 8.32 Å². The Kier molecular flexibility index (Phi) is 4.83. The molecular formula is C25H44OSi. The average molecular weight is 389 g/mol. The molecule has 0 amide bonds. The van der Waals surface area contributed by atoms with Crippen molar-refractivity contribution in [2.75, 3.05) is 0 Å². The van der Waals surface area contributed by atoms with Crippen molar-refractivity contribution in [1.82, 2.24) is 0 Å². The molecule has 0 radical (unpaired) electrons. The predicted molar refractivity (Wildman–Crippen MR) is 118 cm³/mol. The fourth-order valence-electron chi connectivity index (χ4n) is 7.43. The Morgan fingerprint density at radius 2 is 1.74 bits per heavy atom. The number of fused-ring (bicyclic) bond motifs is 5. The molecule has 27 heavy (non-hydrogen) atoms. The van der Waals surface area contributed by atoms with Crippen LogP contribution in [0.15, 0.2) is 11.6 Å². The lowest BCUT2D eigenvalue weighted by Crippen LogP contribution is -2.53. The topological polar surface area (TPSA) is 9.23 Å². The van der Waals surface area contributed by atoms with Gasteiger partial charge in [0.25, 0.3) is 0 Å². The molecule has 0 saturated heterocycles. The second kappa shape index (κ2) is 6.46. The number of hydrogen-bond acceptors (Lipinski definition) is 1. The van der Waals surface area contributed by atoms with Crippen molar-refractivity contribution in [2.45, 2.75) is 117 Å². The summed E-state index contributed by atoms with van der Waals surface area (Å²) in [5.74, 6) is 2.81. The van der Waals surface area contributed by atoms with Gasteiger partial charge in [0.15, 0.2) is 8.32 Å². The van der Waals surface area contributed by atoms with Crippen LogP contribution in [0.1, 0.15) is 92.4 Å². The van der Waals surface area contributed by atoms with Crippen LogP contribution in [0.5, 0.6) is 0 Å². The first kappa shape index (κ1) is 20.2. The zero-order chi connectivity index (χ0) is 19.7. The van der Waals surface area contributed by atoms with Crippen molar-refractivity contribution in [3.8, 4) is 0 Å². The van der Waals surface area contributed by atoms with E-state index in [0.717, 1.165) is 17.8 Å². The number of rotatable bonds is 2. The van der Waals surface area contributed by atoms with Crippen molar-refractivity contribution in [2.24, 2.45) is 28.6 Å². The van der Waals surface area contributed by atoms with Crippen molar-refractivity contribution in [3.63, 3.8) is 0 Å². The summed E-state index contributed by atoms with van der Waals surface area (Å²) in [5.41, 5.74) is 2.80. The van der Waals surface area contributed by atoms with Gasteiger partial charge < -0.3 is 4.43 Å². The van der Waals surface area contributed by atoms with Gasteiger partial charge >= 0.3 is 0 Å². The summed E-state index contributed by atoms with van der Waals surface area (Å²) >= 11 is 0. The fourth-order valence-corrected chi connectivity index (χ4v) is 8.88. The first-order chi connectivity index (χ1) is 12.5. The Morgan fingerprint density at radius 1 is 1.00 bits per heavy atom. The normalized spacial score (nSPS) is 44.9. The molecular weight excluding hydrogens is 344 g/mol. The van der Waals surface area contributed by atoms with E-state index in [-0.39, 0.29) is 0 Å². The Balaban J connectivity index is 1.57. The molecule has 3 saturated carbocycles. The summed E-state index contributed by atoms with van der Waals surface area (Å²) in [6.07, 6.45) is 15.8. The quantitative estimate of drug-likeness (QED) is 0.347. The van der Waals surface area contributed by atoms with E-state index in [1.807, 2.05) is 5.57 Å². The second-order valence-corrected chi connectivity index (χ2v) is 17.2. The first-order valence-corrected chi connectivity index (χ1v) is 14.8. The molecule has 3 fully saturated rings. The Bertz CT molecular complexity index is 614. The van der Waals surface area contributed by atoms with Crippen LogP contribution in [-0.4, -0.2) is 14.4 Å². The highest BCUT2D eigenvalue weighted by atomic mass is 28.4. The molecule has 154 valence electrons. The molecule has 4 aliphatic rings. The van der Waals surface area contributed by atoms with E-state index in [2.05, 4.69) is 53.8 Å². The zero-order valence-corrected chi connectivity index (χ0v) is 20.2. The Labute approximate surface area is 169 Å². The van der Waals surface area contributed by atoms with Gasteiger partial charge in [0.1, 0.15) is 0 Å². The maximum absolute atomic E-state index is 7.07. The van der Waals surface area contributed by atoms with Gasteiger partial charge in [-0.15, -0.1) is 0 Å². The third kappa shape index (κ3) is 3.03. The van der Waals surface area contributed by atoms with Gasteiger partial charge in [-0.2, -0.15) is 0 Å². The van der Waals surface area contributed by atoms with E-state index >= 15 is 0 Å². The van der Waals surface area contributed by atoms with Gasteiger partial charge in [-0.3, -0.25) is 0 Å². The molecule has 4 rings (SSSR count). The zero-order valence-electron chi connectivity index (χ0n) is 19.2. The van der Waals surface area contributed by atoms with Crippen molar-refractivity contribution < 1.29 is 4.43 Å². The lowest BCUT2D eigenvalue weighted by Gasteiger charge is -2.58.